The highest BCUT2D eigenvalue weighted by Crippen LogP contribution is 2.39. The SMILES string of the molecule is O=C(C=Cc1ccccc1)C1=C(O)C(=O)N(Cc2ccccc2)C1c1cccc(Br)c1. The molecule has 1 heterocycles. The largest absolute Gasteiger partial charge is 0.503 e. The highest BCUT2D eigenvalue weighted by molar-refractivity contribution is 9.10. The van der Waals surface area contributed by atoms with Gasteiger partial charge in [-0.25, -0.2) is 0 Å². The quantitative estimate of drug-likeness (QED) is 0.472. The van der Waals surface area contributed by atoms with E-state index in [9.17, 15) is 14.7 Å². The minimum atomic E-state index is -0.682. The zero-order chi connectivity index (χ0) is 21.8. The number of hydrogen-bond acceptors (Lipinski definition) is 3. The average Bonchev–Trinajstić information content (AvgIpc) is 3.04. The summed E-state index contributed by atoms with van der Waals surface area (Å²) in [5, 5.41) is 10.7. The fraction of sp³-hybridized carbons (Fsp3) is 0.0769. The van der Waals surface area contributed by atoms with Gasteiger partial charge >= 0.3 is 0 Å². The van der Waals surface area contributed by atoms with E-state index in [0.717, 1.165) is 21.2 Å². The molecule has 0 bridgehead atoms. The zero-order valence-electron chi connectivity index (χ0n) is 16.6. The van der Waals surface area contributed by atoms with Crippen molar-refractivity contribution in [2.75, 3.05) is 0 Å². The molecule has 1 N–H and O–H groups in total. The van der Waals surface area contributed by atoms with E-state index in [2.05, 4.69) is 15.9 Å². The van der Waals surface area contributed by atoms with Crippen molar-refractivity contribution in [2.24, 2.45) is 0 Å². The van der Waals surface area contributed by atoms with Crippen LogP contribution in [-0.2, 0) is 16.1 Å². The normalized spacial score (nSPS) is 16.4. The van der Waals surface area contributed by atoms with Gasteiger partial charge in [0.15, 0.2) is 11.5 Å². The smallest absolute Gasteiger partial charge is 0.290 e. The van der Waals surface area contributed by atoms with Crippen molar-refractivity contribution in [3.63, 3.8) is 0 Å². The van der Waals surface area contributed by atoms with Gasteiger partial charge in [0.25, 0.3) is 5.91 Å². The van der Waals surface area contributed by atoms with Crippen LogP contribution in [0.4, 0.5) is 0 Å². The van der Waals surface area contributed by atoms with Gasteiger partial charge in [0.1, 0.15) is 0 Å². The maximum absolute atomic E-state index is 13.1. The zero-order valence-corrected chi connectivity index (χ0v) is 18.2. The number of amides is 1. The first-order valence-corrected chi connectivity index (χ1v) is 10.6. The van der Waals surface area contributed by atoms with Gasteiger partial charge in [-0.15, -0.1) is 0 Å². The summed E-state index contributed by atoms with van der Waals surface area (Å²) < 4.78 is 0.829. The molecule has 154 valence electrons. The van der Waals surface area contributed by atoms with Crippen LogP contribution < -0.4 is 0 Å². The summed E-state index contributed by atoms with van der Waals surface area (Å²) >= 11 is 3.46. The fourth-order valence-electron chi connectivity index (χ4n) is 3.70. The molecule has 4 nitrogen and oxygen atoms in total. The Morgan fingerprint density at radius 1 is 0.968 bits per heavy atom. The Balaban J connectivity index is 1.73. The lowest BCUT2D eigenvalue weighted by Crippen LogP contribution is -2.30. The summed E-state index contributed by atoms with van der Waals surface area (Å²) in [6.45, 7) is 0.278. The molecule has 0 spiro atoms. The van der Waals surface area contributed by atoms with Gasteiger partial charge in [0.05, 0.1) is 11.6 Å². The number of ketones is 1. The predicted octanol–water partition coefficient (Wildman–Crippen LogP) is 5.63. The first kappa shape index (κ1) is 20.8. The van der Waals surface area contributed by atoms with E-state index in [0.29, 0.717) is 0 Å². The van der Waals surface area contributed by atoms with Gasteiger partial charge in [-0.3, -0.25) is 9.59 Å². The molecule has 1 amide bonds. The molecule has 0 aliphatic carbocycles. The number of benzene rings is 3. The number of aliphatic hydroxyl groups is 1. The van der Waals surface area contributed by atoms with Gasteiger partial charge in [-0.05, 0) is 34.9 Å². The number of halogens is 1. The Morgan fingerprint density at radius 2 is 1.65 bits per heavy atom. The Bertz CT molecular complexity index is 1170. The molecule has 1 aliphatic rings. The third-order valence-electron chi connectivity index (χ3n) is 5.16. The second-order valence-electron chi connectivity index (χ2n) is 7.25. The molecule has 0 aromatic heterocycles. The third kappa shape index (κ3) is 4.52. The molecule has 0 radical (unpaired) electrons. The summed E-state index contributed by atoms with van der Waals surface area (Å²) in [6.07, 6.45) is 3.09. The van der Waals surface area contributed by atoms with E-state index in [1.807, 2.05) is 84.9 Å². The number of carbonyl (C=O) groups is 2. The molecular weight excluding hydrogens is 454 g/mol. The first-order chi connectivity index (χ1) is 15.0. The topological polar surface area (TPSA) is 57.6 Å². The molecule has 0 saturated heterocycles. The van der Waals surface area contributed by atoms with Crippen LogP contribution in [0, 0.1) is 0 Å². The minimum Gasteiger partial charge on any atom is -0.503 e. The standard InChI is InChI=1S/C26H20BrNO3/c27-21-13-7-12-20(16-21)24-23(22(29)15-14-18-8-3-1-4-9-18)25(30)26(31)28(24)17-19-10-5-2-6-11-19/h1-16,24,30H,17H2. The van der Waals surface area contributed by atoms with Crippen molar-refractivity contribution in [1.82, 2.24) is 4.90 Å². The second-order valence-corrected chi connectivity index (χ2v) is 8.16. The highest BCUT2D eigenvalue weighted by Gasteiger charge is 2.42. The Morgan fingerprint density at radius 3 is 2.32 bits per heavy atom. The van der Waals surface area contributed by atoms with E-state index in [4.69, 9.17) is 0 Å². The maximum atomic E-state index is 13.1. The number of aliphatic hydroxyl groups excluding tert-OH is 1. The van der Waals surface area contributed by atoms with Gasteiger partial charge < -0.3 is 10.0 Å². The summed E-state index contributed by atoms with van der Waals surface area (Å²) in [6, 6.07) is 25.7. The number of rotatable bonds is 6. The van der Waals surface area contributed by atoms with Crippen LogP contribution in [-0.4, -0.2) is 21.7 Å². The van der Waals surface area contributed by atoms with Gasteiger partial charge in [-0.1, -0.05) is 94.8 Å². The first-order valence-electron chi connectivity index (χ1n) is 9.85. The molecule has 1 unspecified atom stereocenters. The van der Waals surface area contributed by atoms with Crippen molar-refractivity contribution in [1.29, 1.82) is 0 Å². The van der Waals surface area contributed by atoms with Crippen LogP contribution in [0.5, 0.6) is 0 Å². The van der Waals surface area contributed by atoms with E-state index in [1.165, 1.54) is 11.0 Å². The average molecular weight is 474 g/mol. The molecule has 0 saturated carbocycles. The molecule has 1 aliphatic heterocycles. The van der Waals surface area contributed by atoms with Crippen LogP contribution in [0.3, 0.4) is 0 Å². The van der Waals surface area contributed by atoms with Gasteiger partial charge in [-0.2, -0.15) is 0 Å². The van der Waals surface area contributed by atoms with E-state index >= 15 is 0 Å². The molecule has 0 fully saturated rings. The summed E-state index contributed by atoms with van der Waals surface area (Å²) in [5.74, 6) is -1.44. The van der Waals surface area contributed by atoms with E-state index in [1.54, 1.807) is 6.08 Å². The highest BCUT2D eigenvalue weighted by atomic mass is 79.9. The second kappa shape index (κ2) is 9.14. The lowest BCUT2D eigenvalue weighted by molar-refractivity contribution is -0.130. The third-order valence-corrected chi connectivity index (χ3v) is 5.65. The Hall–Kier alpha value is -3.44. The number of hydrogen-bond donors (Lipinski definition) is 1. The molecule has 3 aromatic rings. The van der Waals surface area contributed by atoms with Crippen LogP contribution in [0.25, 0.3) is 6.08 Å². The van der Waals surface area contributed by atoms with Gasteiger partial charge in [0, 0.05) is 11.0 Å². The lowest BCUT2D eigenvalue weighted by atomic mass is 9.95. The van der Waals surface area contributed by atoms with Crippen molar-refractivity contribution in [3.8, 4) is 0 Å². The molecule has 3 aromatic carbocycles. The molecule has 5 heteroatoms. The fourth-order valence-corrected chi connectivity index (χ4v) is 4.11. The monoisotopic (exact) mass is 473 g/mol. The molecular formula is C26H20BrNO3. The van der Waals surface area contributed by atoms with Gasteiger partial charge in [0.2, 0.25) is 0 Å². The summed E-state index contributed by atoms with van der Waals surface area (Å²) in [5.41, 5.74) is 2.61. The van der Waals surface area contributed by atoms with Crippen LogP contribution in [0.15, 0.2) is 107 Å². The minimum absolute atomic E-state index is 0.0891. The van der Waals surface area contributed by atoms with Crippen LogP contribution >= 0.6 is 15.9 Å². The van der Waals surface area contributed by atoms with E-state index in [-0.39, 0.29) is 12.1 Å². The number of nitrogens with zero attached hydrogens (tertiary/aromatic N) is 1. The number of carbonyl (C=O) groups excluding carboxylic acids is 2. The molecule has 31 heavy (non-hydrogen) atoms. The Labute approximate surface area is 189 Å². The molecule has 4 rings (SSSR count). The van der Waals surface area contributed by atoms with Crippen LogP contribution in [0.2, 0.25) is 0 Å². The predicted molar refractivity (Wildman–Crippen MR) is 124 cm³/mol. The number of allylic oxidation sites excluding steroid dienone is 1. The van der Waals surface area contributed by atoms with Crippen molar-refractivity contribution >= 4 is 33.7 Å². The summed E-state index contributed by atoms with van der Waals surface area (Å²) in [7, 11) is 0. The molecule has 1 atom stereocenters. The lowest BCUT2D eigenvalue weighted by Gasteiger charge is -2.27. The van der Waals surface area contributed by atoms with Crippen molar-refractivity contribution in [2.45, 2.75) is 12.6 Å². The van der Waals surface area contributed by atoms with E-state index < -0.39 is 23.5 Å². The maximum Gasteiger partial charge on any atom is 0.290 e. The van der Waals surface area contributed by atoms with Crippen LogP contribution in [0.1, 0.15) is 22.7 Å². The van der Waals surface area contributed by atoms with Crippen molar-refractivity contribution < 1.29 is 14.7 Å². The summed E-state index contributed by atoms with van der Waals surface area (Å²) in [4.78, 5) is 27.7. The van der Waals surface area contributed by atoms with Crippen molar-refractivity contribution in [3.05, 3.63) is 124 Å². The Kier molecular flexibility index (Phi) is 6.14.